The van der Waals surface area contributed by atoms with Crippen LogP contribution in [0, 0.1) is 11.8 Å². The fourth-order valence-corrected chi connectivity index (χ4v) is 1.59. The quantitative estimate of drug-likeness (QED) is 0.609. The summed E-state index contributed by atoms with van der Waals surface area (Å²) < 4.78 is 9.80. The van der Waals surface area contributed by atoms with Crippen molar-refractivity contribution in [2.45, 2.75) is 6.92 Å². The highest BCUT2D eigenvalue weighted by atomic mass is 16.5. The summed E-state index contributed by atoms with van der Waals surface area (Å²) >= 11 is 0. The van der Waals surface area contributed by atoms with E-state index in [9.17, 15) is 4.79 Å². The first-order valence-corrected chi connectivity index (χ1v) is 5.86. The molecule has 96 valence electrons. The lowest BCUT2D eigenvalue weighted by atomic mass is 10.1. The van der Waals surface area contributed by atoms with Crippen molar-refractivity contribution in [3.8, 4) is 17.7 Å². The zero-order valence-corrected chi connectivity index (χ0v) is 10.8. The lowest BCUT2D eigenvalue weighted by molar-refractivity contribution is -0.136. The second-order valence-corrected chi connectivity index (χ2v) is 3.73. The van der Waals surface area contributed by atoms with E-state index in [-0.39, 0.29) is 0 Å². The van der Waals surface area contributed by atoms with Gasteiger partial charge >= 0.3 is 5.97 Å². The summed E-state index contributed by atoms with van der Waals surface area (Å²) in [5.41, 5.74) is 1.56. The zero-order valence-electron chi connectivity index (χ0n) is 10.8. The topological polar surface area (TPSA) is 48.4 Å². The molecule has 1 aromatic carbocycles. The number of ether oxygens (including phenoxy) is 2. The average molecular weight is 255 g/mol. The van der Waals surface area contributed by atoms with Gasteiger partial charge in [0.2, 0.25) is 5.88 Å². The summed E-state index contributed by atoms with van der Waals surface area (Å²) in [6, 6.07) is 9.20. The number of esters is 1. The van der Waals surface area contributed by atoms with Gasteiger partial charge in [0.25, 0.3) is 0 Å². The first-order valence-electron chi connectivity index (χ1n) is 5.86. The molecule has 0 aliphatic rings. The molecule has 0 spiro atoms. The van der Waals surface area contributed by atoms with Crippen molar-refractivity contribution in [3.63, 3.8) is 0 Å². The maximum absolute atomic E-state index is 11.1. The number of rotatable bonds is 2. The van der Waals surface area contributed by atoms with Crippen molar-refractivity contribution in [3.05, 3.63) is 35.9 Å². The minimum absolute atomic E-state index is 0.328. The summed E-state index contributed by atoms with van der Waals surface area (Å²) in [6.07, 6.45) is 0. The van der Waals surface area contributed by atoms with Gasteiger partial charge in [-0.2, -0.15) is 0 Å². The van der Waals surface area contributed by atoms with Crippen LogP contribution in [-0.4, -0.2) is 24.7 Å². The van der Waals surface area contributed by atoms with Gasteiger partial charge in [0.05, 0.1) is 19.2 Å². The van der Waals surface area contributed by atoms with Gasteiger partial charge in [-0.1, -0.05) is 5.92 Å². The van der Waals surface area contributed by atoms with Crippen LogP contribution in [0.3, 0.4) is 0 Å². The Kier molecular flexibility index (Phi) is 3.99. The van der Waals surface area contributed by atoms with E-state index in [1.807, 2.05) is 18.2 Å². The molecular weight excluding hydrogens is 242 g/mol. The van der Waals surface area contributed by atoms with Gasteiger partial charge in [0.1, 0.15) is 0 Å². The third-order valence-electron chi connectivity index (χ3n) is 2.46. The highest BCUT2D eigenvalue weighted by molar-refractivity contribution is 5.89. The van der Waals surface area contributed by atoms with Crippen LogP contribution in [0.5, 0.6) is 5.88 Å². The fourth-order valence-electron chi connectivity index (χ4n) is 1.59. The van der Waals surface area contributed by atoms with Crippen molar-refractivity contribution in [1.29, 1.82) is 0 Å². The van der Waals surface area contributed by atoms with Gasteiger partial charge < -0.3 is 9.47 Å². The van der Waals surface area contributed by atoms with Crippen LogP contribution in [0.25, 0.3) is 10.9 Å². The SMILES string of the molecule is CCOC(=O)C#Cc1ccc2nc(OC)ccc2c1. The second kappa shape index (κ2) is 5.87. The molecule has 0 saturated carbocycles. The molecule has 2 rings (SSSR count). The molecule has 0 saturated heterocycles. The van der Waals surface area contributed by atoms with E-state index in [1.165, 1.54) is 0 Å². The Labute approximate surface area is 111 Å². The Morgan fingerprint density at radius 2 is 2.16 bits per heavy atom. The Morgan fingerprint density at radius 1 is 1.32 bits per heavy atom. The van der Waals surface area contributed by atoms with E-state index in [2.05, 4.69) is 16.8 Å². The molecule has 1 aromatic heterocycles. The first kappa shape index (κ1) is 12.9. The summed E-state index contributed by atoms with van der Waals surface area (Å²) in [6.45, 7) is 2.07. The number of pyridine rings is 1. The molecule has 0 radical (unpaired) electrons. The molecule has 0 aliphatic heterocycles. The molecule has 0 atom stereocenters. The van der Waals surface area contributed by atoms with Crippen LogP contribution >= 0.6 is 0 Å². The molecule has 0 bridgehead atoms. The molecule has 19 heavy (non-hydrogen) atoms. The number of hydrogen-bond donors (Lipinski definition) is 0. The Balaban J connectivity index is 2.29. The molecule has 0 unspecified atom stereocenters. The van der Waals surface area contributed by atoms with E-state index in [0.29, 0.717) is 12.5 Å². The Morgan fingerprint density at radius 3 is 2.89 bits per heavy atom. The van der Waals surface area contributed by atoms with Crippen LogP contribution in [0.4, 0.5) is 0 Å². The predicted octanol–water partition coefficient (Wildman–Crippen LogP) is 2.16. The minimum atomic E-state index is -0.518. The molecule has 0 aliphatic carbocycles. The molecule has 4 heteroatoms. The van der Waals surface area contributed by atoms with Gasteiger partial charge in [-0.25, -0.2) is 9.78 Å². The van der Waals surface area contributed by atoms with Gasteiger partial charge in [0, 0.05) is 22.9 Å². The maximum atomic E-state index is 11.1. The van der Waals surface area contributed by atoms with Gasteiger partial charge in [0.15, 0.2) is 0 Å². The van der Waals surface area contributed by atoms with Crippen molar-refractivity contribution >= 4 is 16.9 Å². The summed E-state index contributed by atoms with van der Waals surface area (Å²) in [5, 5.41) is 0.941. The maximum Gasteiger partial charge on any atom is 0.384 e. The number of carbonyl (C=O) groups excluding carboxylic acids is 1. The second-order valence-electron chi connectivity index (χ2n) is 3.73. The number of benzene rings is 1. The molecule has 2 aromatic rings. The van der Waals surface area contributed by atoms with Crippen LogP contribution in [-0.2, 0) is 9.53 Å². The van der Waals surface area contributed by atoms with Crippen molar-refractivity contribution in [2.75, 3.05) is 13.7 Å². The molecule has 0 N–H and O–H groups in total. The number of nitrogens with zero attached hydrogens (tertiary/aromatic N) is 1. The normalized spacial score (nSPS) is 9.58. The smallest absolute Gasteiger partial charge is 0.384 e. The predicted molar refractivity (Wildman–Crippen MR) is 71.8 cm³/mol. The van der Waals surface area contributed by atoms with Crippen molar-refractivity contribution in [1.82, 2.24) is 4.98 Å². The molecule has 1 heterocycles. The highest BCUT2D eigenvalue weighted by Gasteiger charge is 1.99. The van der Waals surface area contributed by atoms with Gasteiger partial charge in [-0.05, 0) is 31.2 Å². The van der Waals surface area contributed by atoms with E-state index in [4.69, 9.17) is 9.47 Å². The minimum Gasteiger partial charge on any atom is -0.481 e. The van der Waals surface area contributed by atoms with Crippen LogP contribution in [0.15, 0.2) is 30.3 Å². The lowest BCUT2D eigenvalue weighted by Gasteiger charge is -2.01. The van der Waals surface area contributed by atoms with Crippen LogP contribution in [0.1, 0.15) is 12.5 Å². The van der Waals surface area contributed by atoms with E-state index < -0.39 is 5.97 Å². The standard InChI is InChI=1S/C15H13NO3/c1-3-19-15(17)9-5-11-4-7-13-12(10-11)6-8-14(16-13)18-2/h4,6-8,10H,3H2,1-2H3. The van der Waals surface area contributed by atoms with Crippen molar-refractivity contribution in [2.24, 2.45) is 0 Å². The molecule has 0 amide bonds. The highest BCUT2D eigenvalue weighted by Crippen LogP contribution is 2.17. The molecule has 0 fully saturated rings. The number of carbonyl (C=O) groups is 1. The average Bonchev–Trinajstić information content (AvgIpc) is 2.44. The summed E-state index contributed by atoms with van der Waals surface area (Å²) in [4.78, 5) is 15.4. The van der Waals surface area contributed by atoms with Gasteiger partial charge in [-0.3, -0.25) is 0 Å². The number of fused-ring (bicyclic) bond motifs is 1. The zero-order chi connectivity index (χ0) is 13.7. The first-order chi connectivity index (χ1) is 9.22. The summed E-state index contributed by atoms with van der Waals surface area (Å²) in [7, 11) is 1.58. The monoisotopic (exact) mass is 255 g/mol. The van der Waals surface area contributed by atoms with Crippen LogP contribution < -0.4 is 4.74 Å². The van der Waals surface area contributed by atoms with Crippen LogP contribution in [0.2, 0.25) is 0 Å². The Hall–Kier alpha value is -2.54. The molecule has 4 nitrogen and oxygen atoms in total. The third-order valence-corrected chi connectivity index (χ3v) is 2.46. The van der Waals surface area contributed by atoms with E-state index in [1.54, 1.807) is 26.2 Å². The van der Waals surface area contributed by atoms with E-state index in [0.717, 1.165) is 16.5 Å². The number of aromatic nitrogens is 1. The lowest BCUT2D eigenvalue weighted by Crippen LogP contribution is -1.99. The van der Waals surface area contributed by atoms with Crippen molar-refractivity contribution < 1.29 is 14.3 Å². The Bertz CT molecular complexity index is 668. The number of hydrogen-bond acceptors (Lipinski definition) is 4. The van der Waals surface area contributed by atoms with E-state index >= 15 is 0 Å². The fraction of sp³-hybridized carbons (Fsp3) is 0.200. The number of methoxy groups -OCH3 is 1. The third kappa shape index (κ3) is 3.23. The molecular formula is C15H13NO3. The largest absolute Gasteiger partial charge is 0.481 e. The summed E-state index contributed by atoms with van der Waals surface area (Å²) in [5.74, 6) is 5.25. The van der Waals surface area contributed by atoms with Gasteiger partial charge in [-0.15, -0.1) is 0 Å².